The number of piperidine rings is 1. The molecule has 0 bridgehead atoms. The Bertz CT molecular complexity index is 815. The number of carbonyl (C=O) groups excluding carboxylic acids is 1. The lowest BCUT2D eigenvalue weighted by atomic mass is 9.76. The molecule has 0 amide bonds. The van der Waals surface area contributed by atoms with E-state index < -0.39 is 15.4 Å². The highest BCUT2D eigenvalue weighted by Gasteiger charge is 2.51. The second kappa shape index (κ2) is 7.18. The highest BCUT2D eigenvalue weighted by atomic mass is 32.2. The zero-order valence-electron chi connectivity index (χ0n) is 15.9. The Labute approximate surface area is 161 Å². The predicted molar refractivity (Wildman–Crippen MR) is 103 cm³/mol. The van der Waals surface area contributed by atoms with Crippen LogP contribution in [-0.4, -0.2) is 62.1 Å². The van der Waals surface area contributed by atoms with Gasteiger partial charge >= 0.3 is 5.97 Å². The normalized spacial score (nSPS) is 26.1. The number of nitrogens with zero attached hydrogens (tertiary/aromatic N) is 2. The Balaban J connectivity index is 1.30. The fourth-order valence-corrected chi connectivity index (χ4v) is 5.57. The van der Waals surface area contributed by atoms with E-state index in [4.69, 9.17) is 4.74 Å². The van der Waals surface area contributed by atoms with E-state index in [-0.39, 0.29) is 12.1 Å². The minimum atomic E-state index is -3.18. The van der Waals surface area contributed by atoms with Crippen molar-refractivity contribution >= 4 is 16.0 Å². The quantitative estimate of drug-likeness (QED) is 0.731. The van der Waals surface area contributed by atoms with Crippen LogP contribution in [0.2, 0.25) is 0 Å². The number of hydrogen-bond donors (Lipinski definition) is 0. The Kier molecular flexibility index (Phi) is 5.03. The summed E-state index contributed by atoms with van der Waals surface area (Å²) in [4.78, 5) is 15.0. The number of rotatable bonds is 4. The molecule has 1 aromatic carbocycles. The summed E-state index contributed by atoms with van der Waals surface area (Å²) < 4.78 is 30.6. The van der Waals surface area contributed by atoms with E-state index >= 15 is 0 Å². The van der Waals surface area contributed by atoms with Crippen LogP contribution in [0.3, 0.4) is 0 Å². The number of sulfonamides is 1. The largest absolute Gasteiger partial charge is 0.462 e. The lowest BCUT2D eigenvalue weighted by Gasteiger charge is -2.35. The molecular weight excluding hydrogens is 364 g/mol. The Morgan fingerprint density at radius 2 is 1.85 bits per heavy atom. The second-order valence-electron chi connectivity index (χ2n) is 8.26. The van der Waals surface area contributed by atoms with Crippen molar-refractivity contribution in [2.45, 2.75) is 44.8 Å². The third-order valence-electron chi connectivity index (χ3n) is 6.45. The number of ether oxygens (including phenoxy) is 1. The second-order valence-corrected chi connectivity index (χ2v) is 10.2. The fraction of sp³-hybridized carbons (Fsp3) is 0.650. The molecule has 3 aliphatic heterocycles. The van der Waals surface area contributed by atoms with E-state index in [2.05, 4.69) is 29.2 Å². The van der Waals surface area contributed by atoms with Crippen LogP contribution < -0.4 is 0 Å². The van der Waals surface area contributed by atoms with Crippen molar-refractivity contribution in [2.24, 2.45) is 5.41 Å². The molecule has 4 rings (SSSR count). The average Bonchev–Trinajstić information content (AvgIpc) is 2.94. The maximum atomic E-state index is 12.5. The van der Waals surface area contributed by atoms with Gasteiger partial charge in [-0.05, 0) is 36.8 Å². The van der Waals surface area contributed by atoms with Gasteiger partial charge in [0.05, 0.1) is 11.7 Å². The van der Waals surface area contributed by atoms with Gasteiger partial charge in [-0.15, -0.1) is 0 Å². The van der Waals surface area contributed by atoms with Crippen molar-refractivity contribution in [3.63, 3.8) is 0 Å². The van der Waals surface area contributed by atoms with Crippen molar-refractivity contribution in [3.8, 4) is 0 Å². The molecule has 2 fully saturated rings. The number of carbonyl (C=O) groups is 1. The number of benzene rings is 1. The Hall–Kier alpha value is -1.44. The van der Waals surface area contributed by atoms with Gasteiger partial charge in [-0.1, -0.05) is 24.3 Å². The van der Waals surface area contributed by atoms with E-state index in [0.29, 0.717) is 25.9 Å². The molecule has 0 saturated carbocycles. The molecule has 1 spiro atoms. The van der Waals surface area contributed by atoms with Crippen molar-refractivity contribution in [3.05, 3.63) is 35.4 Å². The van der Waals surface area contributed by atoms with Gasteiger partial charge in [0.1, 0.15) is 6.10 Å². The van der Waals surface area contributed by atoms with Crippen LogP contribution in [0.25, 0.3) is 0 Å². The van der Waals surface area contributed by atoms with Crippen LogP contribution >= 0.6 is 0 Å². The van der Waals surface area contributed by atoms with Gasteiger partial charge in [0.15, 0.2) is 0 Å². The first-order chi connectivity index (χ1) is 12.9. The molecule has 2 saturated heterocycles. The zero-order valence-corrected chi connectivity index (χ0v) is 16.7. The first kappa shape index (κ1) is 18.9. The number of esters is 1. The topological polar surface area (TPSA) is 66.9 Å². The van der Waals surface area contributed by atoms with E-state index in [9.17, 15) is 13.2 Å². The molecule has 3 aliphatic rings. The zero-order chi connectivity index (χ0) is 19.1. The molecule has 0 aliphatic carbocycles. The summed E-state index contributed by atoms with van der Waals surface area (Å²) in [5.41, 5.74) is 2.37. The first-order valence-corrected chi connectivity index (χ1v) is 11.7. The molecule has 3 heterocycles. The molecule has 27 heavy (non-hydrogen) atoms. The van der Waals surface area contributed by atoms with Crippen molar-refractivity contribution < 1.29 is 17.9 Å². The van der Waals surface area contributed by atoms with Crippen molar-refractivity contribution in [2.75, 3.05) is 32.4 Å². The summed E-state index contributed by atoms with van der Waals surface area (Å²) in [6.07, 6.45) is 5.00. The summed E-state index contributed by atoms with van der Waals surface area (Å²) >= 11 is 0. The van der Waals surface area contributed by atoms with E-state index in [0.717, 1.165) is 38.9 Å². The van der Waals surface area contributed by atoms with Crippen LogP contribution in [0.5, 0.6) is 0 Å². The van der Waals surface area contributed by atoms with Gasteiger partial charge < -0.3 is 4.74 Å². The Morgan fingerprint density at radius 1 is 1.15 bits per heavy atom. The van der Waals surface area contributed by atoms with Gasteiger partial charge in [0.25, 0.3) is 0 Å². The lowest BCUT2D eigenvalue weighted by Crippen LogP contribution is -2.44. The molecule has 6 nitrogen and oxygen atoms in total. The molecule has 148 valence electrons. The third kappa shape index (κ3) is 3.91. The maximum Gasteiger partial charge on any atom is 0.312 e. The number of fused-ring (bicyclic) bond motifs is 1. The summed E-state index contributed by atoms with van der Waals surface area (Å²) in [6.45, 7) is 3.78. The molecule has 0 radical (unpaired) electrons. The highest BCUT2D eigenvalue weighted by molar-refractivity contribution is 7.88. The van der Waals surface area contributed by atoms with Crippen molar-refractivity contribution in [1.29, 1.82) is 0 Å². The Morgan fingerprint density at radius 3 is 2.56 bits per heavy atom. The fourth-order valence-electron chi connectivity index (χ4n) is 4.72. The first-order valence-electron chi connectivity index (χ1n) is 9.81. The van der Waals surface area contributed by atoms with E-state index in [1.54, 1.807) is 0 Å². The van der Waals surface area contributed by atoms with Gasteiger partial charge in [0, 0.05) is 39.1 Å². The van der Waals surface area contributed by atoms with E-state index in [1.165, 1.54) is 21.7 Å². The van der Waals surface area contributed by atoms with Gasteiger partial charge in [0.2, 0.25) is 10.0 Å². The smallest absolute Gasteiger partial charge is 0.312 e. The summed E-state index contributed by atoms with van der Waals surface area (Å²) in [5, 5.41) is 0. The summed E-state index contributed by atoms with van der Waals surface area (Å²) in [6, 6.07) is 8.59. The average molecular weight is 393 g/mol. The SMILES string of the molecule is CS(=O)(=O)N1CCC2(CC1)C[C@@H](CCN1CCc3ccccc3C1)OC2=O. The highest BCUT2D eigenvalue weighted by Crippen LogP contribution is 2.44. The van der Waals surface area contributed by atoms with Crippen LogP contribution in [0, 0.1) is 5.41 Å². The maximum absolute atomic E-state index is 12.5. The van der Waals surface area contributed by atoms with Crippen LogP contribution in [0.1, 0.15) is 36.8 Å². The minimum Gasteiger partial charge on any atom is -0.462 e. The molecular formula is C20H28N2O4S. The third-order valence-corrected chi connectivity index (χ3v) is 7.75. The summed E-state index contributed by atoms with van der Waals surface area (Å²) in [5.74, 6) is -0.121. The molecule has 0 unspecified atom stereocenters. The van der Waals surface area contributed by atoms with E-state index in [1.807, 2.05) is 0 Å². The molecule has 7 heteroatoms. The predicted octanol–water partition coefficient (Wildman–Crippen LogP) is 1.79. The lowest BCUT2D eigenvalue weighted by molar-refractivity contribution is -0.150. The van der Waals surface area contributed by atoms with Crippen LogP contribution in [-0.2, 0) is 32.5 Å². The van der Waals surface area contributed by atoms with Gasteiger partial charge in [-0.25, -0.2) is 12.7 Å². The molecule has 1 atom stereocenters. The van der Waals surface area contributed by atoms with Crippen molar-refractivity contribution in [1.82, 2.24) is 9.21 Å². The van der Waals surface area contributed by atoms with Crippen LogP contribution in [0.15, 0.2) is 24.3 Å². The van der Waals surface area contributed by atoms with Gasteiger partial charge in [-0.3, -0.25) is 9.69 Å². The molecule has 1 aromatic rings. The standard InChI is InChI=1S/C20H28N2O4S/c1-27(24,25)22-12-8-20(9-13-22)14-18(26-19(20)23)7-11-21-10-6-16-4-2-3-5-17(16)15-21/h2-5,18H,6-15H2,1H3/t18-/m1/s1. The number of cyclic esters (lactones) is 1. The molecule has 0 aromatic heterocycles. The van der Waals surface area contributed by atoms with Gasteiger partial charge in [-0.2, -0.15) is 0 Å². The number of hydrogen-bond acceptors (Lipinski definition) is 5. The summed E-state index contributed by atoms with van der Waals surface area (Å²) in [7, 11) is -3.18. The minimum absolute atomic E-state index is 0.0422. The van der Waals surface area contributed by atoms with Crippen LogP contribution in [0.4, 0.5) is 0 Å². The monoisotopic (exact) mass is 392 g/mol. The molecule has 0 N–H and O–H groups in total.